The zero-order valence-electron chi connectivity index (χ0n) is 17.4. The van der Waals surface area contributed by atoms with Crippen molar-refractivity contribution < 1.29 is 14.7 Å². The number of fused-ring (bicyclic) bond motifs is 2. The van der Waals surface area contributed by atoms with Gasteiger partial charge < -0.3 is 25.6 Å². The fourth-order valence-corrected chi connectivity index (χ4v) is 4.03. The molecule has 1 aromatic carbocycles. The Kier molecular flexibility index (Phi) is 5.32. The van der Waals surface area contributed by atoms with Crippen molar-refractivity contribution in [1.29, 1.82) is 0 Å². The molecule has 156 valence electrons. The fourth-order valence-electron chi connectivity index (χ4n) is 4.03. The number of likely N-dealkylation sites (N-methyl/N-ethyl adjacent to an activating group) is 1. The van der Waals surface area contributed by atoms with Crippen molar-refractivity contribution in [2.24, 2.45) is 0 Å². The van der Waals surface area contributed by atoms with Gasteiger partial charge in [-0.05, 0) is 70.4 Å². The van der Waals surface area contributed by atoms with Crippen molar-refractivity contribution in [3.05, 3.63) is 58.5 Å². The summed E-state index contributed by atoms with van der Waals surface area (Å²) in [5, 5.41) is 17.7. The molecule has 0 spiro atoms. The highest BCUT2D eigenvalue weighted by atomic mass is 16.3. The highest BCUT2D eigenvalue weighted by Crippen LogP contribution is 2.40. The molecule has 0 fully saturated rings. The van der Waals surface area contributed by atoms with Crippen LogP contribution in [0, 0.1) is 0 Å². The number of allylic oxidation sites excluding steroid dienone is 4. The van der Waals surface area contributed by atoms with E-state index in [1.165, 1.54) is 0 Å². The minimum absolute atomic E-state index is 0.0871. The van der Waals surface area contributed by atoms with E-state index >= 15 is 0 Å². The molecule has 4 N–H and O–H groups in total. The molecule has 2 aliphatic rings. The quantitative estimate of drug-likeness (QED) is 0.563. The van der Waals surface area contributed by atoms with Crippen molar-refractivity contribution in [2.75, 3.05) is 34.2 Å². The van der Waals surface area contributed by atoms with Crippen LogP contribution in [0.15, 0.2) is 47.3 Å². The van der Waals surface area contributed by atoms with E-state index in [0.717, 1.165) is 29.4 Å². The number of hydrogen-bond donors (Lipinski definition) is 4. The molecule has 1 aromatic heterocycles. The van der Waals surface area contributed by atoms with Gasteiger partial charge in [-0.25, -0.2) is 0 Å². The molecule has 7 nitrogen and oxygen atoms in total. The number of phenols is 1. The Balaban J connectivity index is 1.77. The molecule has 1 aliphatic carbocycles. The van der Waals surface area contributed by atoms with E-state index < -0.39 is 0 Å². The standard InChI is InChI=1S/C23H26N4O3/c1-24-10-8-13-12-25-17-6-4-14(21(28)19(13)17)15-5-7-18-20(22(15)29)16(23(30)26-18)9-11-27(2)3/h4-7,12,24-25,28H,8-11H2,1-3H3,(H,26,30). The second-order valence-electron chi connectivity index (χ2n) is 7.90. The third-order valence-electron chi connectivity index (χ3n) is 5.63. The number of hydrogen-bond acceptors (Lipinski definition) is 5. The molecule has 1 aliphatic heterocycles. The molecular weight excluding hydrogens is 380 g/mol. The number of benzene rings is 1. The third-order valence-corrected chi connectivity index (χ3v) is 5.63. The van der Waals surface area contributed by atoms with Crippen LogP contribution in [0.5, 0.6) is 5.75 Å². The van der Waals surface area contributed by atoms with Crippen molar-refractivity contribution in [3.63, 3.8) is 0 Å². The lowest BCUT2D eigenvalue weighted by Crippen LogP contribution is -2.19. The monoisotopic (exact) mass is 406 g/mol. The van der Waals surface area contributed by atoms with E-state index in [2.05, 4.69) is 15.6 Å². The molecule has 1 amide bonds. The van der Waals surface area contributed by atoms with Crippen LogP contribution in [0.1, 0.15) is 17.5 Å². The number of phenolic OH excluding ortho intramolecular Hbond substituents is 1. The zero-order chi connectivity index (χ0) is 21.4. The number of carbonyl (C=O) groups is 2. The number of Topliss-reactive ketones (excluding diaryl/α,β-unsaturated/α-hetero) is 1. The summed E-state index contributed by atoms with van der Waals surface area (Å²) in [6.07, 6.45) is 6.55. The molecule has 4 rings (SSSR count). The summed E-state index contributed by atoms with van der Waals surface area (Å²) in [5.41, 5.74) is 4.15. The van der Waals surface area contributed by atoms with Crippen LogP contribution in [-0.4, -0.2) is 60.9 Å². The largest absolute Gasteiger partial charge is 0.507 e. The number of nitrogens with one attached hydrogen (secondary N) is 3. The number of aromatic nitrogens is 1. The Morgan fingerprint density at radius 1 is 1.13 bits per heavy atom. The molecule has 2 heterocycles. The Labute approximate surface area is 175 Å². The van der Waals surface area contributed by atoms with Crippen LogP contribution in [0.4, 0.5) is 0 Å². The number of rotatable bonds is 7. The maximum absolute atomic E-state index is 13.4. The lowest BCUT2D eigenvalue weighted by molar-refractivity contribution is -0.116. The first kappa shape index (κ1) is 20.1. The van der Waals surface area contributed by atoms with Gasteiger partial charge >= 0.3 is 0 Å². The molecule has 0 saturated carbocycles. The molecule has 0 saturated heterocycles. The normalized spacial score (nSPS) is 16.3. The summed E-state index contributed by atoms with van der Waals surface area (Å²) in [4.78, 5) is 31.0. The average Bonchev–Trinajstić information content (AvgIpc) is 3.27. The molecule has 30 heavy (non-hydrogen) atoms. The first-order valence-electron chi connectivity index (χ1n) is 10.1. The number of nitrogens with zero attached hydrogens (tertiary/aromatic N) is 1. The zero-order valence-corrected chi connectivity index (χ0v) is 17.4. The highest BCUT2D eigenvalue weighted by molar-refractivity contribution is 6.35. The van der Waals surface area contributed by atoms with Gasteiger partial charge in [-0.2, -0.15) is 0 Å². The fraction of sp³-hybridized carbons (Fsp3) is 0.304. The average molecular weight is 406 g/mol. The van der Waals surface area contributed by atoms with Crippen molar-refractivity contribution in [1.82, 2.24) is 20.5 Å². The summed E-state index contributed by atoms with van der Waals surface area (Å²) in [6, 6.07) is 3.63. The molecular formula is C23H26N4O3. The van der Waals surface area contributed by atoms with E-state index in [0.29, 0.717) is 40.9 Å². The van der Waals surface area contributed by atoms with Crippen molar-refractivity contribution in [3.8, 4) is 5.75 Å². The summed E-state index contributed by atoms with van der Waals surface area (Å²) in [6.45, 7) is 1.45. The van der Waals surface area contributed by atoms with E-state index in [1.54, 1.807) is 18.2 Å². The van der Waals surface area contributed by atoms with Gasteiger partial charge in [0.1, 0.15) is 5.75 Å². The van der Waals surface area contributed by atoms with Crippen LogP contribution >= 0.6 is 0 Å². The van der Waals surface area contributed by atoms with Crippen LogP contribution in [-0.2, 0) is 16.0 Å². The van der Waals surface area contributed by atoms with E-state index in [1.807, 2.05) is 38.3 Å². The number of ketones is 1. The number of aromatic amines is 1. The molecule has 0 radical (unpaired) electrons. The van der Waals surface area contributed by atoms with Gasteiger partial charge in [0, 0.05) is 40.4 Å². The summed E-state index contributed by atoms with van der Waals surface area (Å²) in [5.74, 6) is -0.369. The first-order valence-corrected chi connectivity index (χ1v) is 10.1. The van der Waals surface area contributed by atoms with Crippen LogP contribution in [0.2, 0.25) is 0 Å². The van der Waals surface area contributed by atoms with Crippen molar-refractivity contribution in [2.45, 2.75) is 12.8 Å². The van der Waals surface area contributed by atoms with Crippen LogP contribution in [0.25, 0.3) is 16.5 Å². The van der Waals surface area contributed by atoms with E-state index in [4.69, 9.17) is 0 Å². The molecule has 0 atom stereocenters. The van der Waals surface area contributed by atoms with Gasteiger partial charge in [0.05, 0.1) is 11.3 Å². The molecule has 0 bridgehead atoms. The Morgan fingerprint density at radius 2 is 1.93 bits per heavy atom. The maximum atomic E-state index is 13.4. The number of amides is 1. The summed E-state index contributed by atoms with van der Waals surface area (Å²) in [7, 11) is 5.74. The summed E-state index contributed by atoms with van der Waals surface area (Å²) < 4.78 is 0. The molecule has 7 heteroatoms. The van der Waals surface area contributed by atoms with Gasteiger partial charge in [-0.15, -0.1) is 0 Å². The van der Waals surface area contributed by atoms with Gasteiger partial charge in [-0.3, -0.25) is 9.59 Å². The number of H-pyrrole nitrogens is 1. The second kappa shape index (κ2) is 7.93. The van der Waals surface area contributed by atoms with Crippen LogP contribution < -0.4 is 10.6 Å². The first-order chi connectivity index (χ1) is 14.4. The highest BCUT2D eigenvalue weighted by Gasteiger charge is 2.35. The number of aromatic hydroxyl groups is 1. The number of carbonyl (C=O) groups excluding carboxylic acids is 2. The van der Waals surface area contributed by atoms with Gasteiger partial charge in [0.15, 0.2) is 5.78 Å². The van der Waals surface area contributed by atoms with E-state index in [9.17, 15) is 14.7 Å². The topological polar surface area (TPSA) is 97.5 Å². The predicted octanol–water partition coefficient (Wildman–Crippen LogP) is 1.86. The SMILES string of the molecule is CNCCc1c[nH]c2ccc(C3=CC=C4NC(=O)C(CCN(C)C)=C4C3=O)c(O)c12. The van der Waals surface area contributed by atoms with E-state index in [-0.39, 0.29) is 17.4 Å². The van der Waals surface area contributed by atoms with Crippen molar-refractivity contribution >= 4 is 28.2 Å². The smallest absolute Gasteiger partial charge is 0.252 e. The second-order valence-corrected chi connectivity index (χ2v) is 7.90. The molecule has 0 unspecified atom stereocenters. The third kappa shape index (κ3) is 3.36. The van der Waals surface area contributed by atoms with Gasteiger partial charge in [0.2, 0.25) is 0 Å². The van der Waals surface area contributed by atoms with Gasteiger partial charge in [0.25, 0.3) is 5.91 Å². The lowest BCUT2D eigenvalue weighted by Gasteiger charge is -2.16. The summed E-state index contributed by atoms with van der Waals surface area (Å²) >= 11 is 0. The Hall–Kier alpha value is -3.16. The minimum atomic E-state index is -0.235. The Morgan fingerprint density at radius 3 is 2.67 bits per heavy atom. The lowest BCUT2D eigenvalue weighted by atomic mass is 9.87. The minimum Gasteiger partial charge on any atom is -0.507 e. The van der Waals surface area contributed by atoms with Gasteiger partial charge in [-0.1, -0.05) is 0 Å². The Bertz CT molecular complexity index is 1130. The maximum Gasteiger partial charge on any atom is 0.252 e. The van der Waals surface area contributed by atoms with Crippen LogP contribution in [0.3, 0.4) is 0 Å². The predicted molar refractivity (Wildman–Crippen MR) is 117 cm³/mol. The molecule has 2 aromatic rings.